The molecule has 1 N–H and O–H groups in total. The molecule has 2 rings (SSSR count). The number of nitrogens with one attached hydrogen (secondary N) is 1. The Morgan fingerprint density at radius 1 is 1.20 bits per heavy atom. The number of hydrogen-bond donors (Lipinski definition) is 1. The van der Waals surface area contributed by atoms with Crippen LogP contribution in [0.5, 0.6) is 0 Å². The van der Waals surface area contributed by atoms with Crippen molar-refractivity contribution in [2.24, 2.45) is 0 Å². The van der Waals surface area contributed by atoms with Gasteiger partial charge in [0.2, 0.25) is 5.91 Å². The molecule has 0 saturated carbocycles. The number of hydrogen-bond acceptors (Lipinski definition) is 3. The van der Waals surface area contributed by atoms with Gasteiger partial charge in [-0.3, -0.25) is 9.69 Å². The van der Waals surface area contributed by atoms with Gasteiger partial charge >= 0.3 is 0 Å². The van der Waals surface area contributed by atoms with Gasteiger partial charge in [-0.15, -0.1) is 0 Å². The third kappa shape index (κ3) is 3.17. The first-order valence-corrected chi connectivity index (χ1v) is 8.34. The van der Waals surface area contributed by atoms with E-state index in [9.17, 15) is 4.79 Å². The summed E-state index contributed by atoms with van der Waals surface area (Å²) in [6.45, 7) is 11.7. The third-order valence-electron chi connectivity index (χ3n) is 5.20. The zero-order valence-corrected chi connectivity index (χ0v) is 13.6. The largest absolute Gasteiger partial charge is 0.339 e. The van der Waals surface area contributed by atoms with Gasteiger partial charge in [-0.25, -0.2) is 0 Å². The normalized spacial score (nSPS) is 30.4. The maximum atomic E-state index is 12.9. The number of likely N-dealkylation sites (tertiary alicyclic amines) is 1. The van der Waals surface area contributed by atoms with Crippen LogP contribution in [0, 0.1) is 0 Å². The van der Waals surface area contributed by atoms with Crippen LogP contribution in [-0.2, 0) is 4.79 Å². The third-order valence-corrected chi connectivity index (χ3v) is 5.20. The first kappa shape index (κ1) is 15.8. The number of rotatable bonds is 4. The lowest BCUT2D eigenvalue weighted by Crippen LogP contribution is -2.54. The van der Waals surface area contributed by atoms with E-state index < -0.39 is 0 Å². The van der Waals surface area contributed by atoms with E-state index in [0.717, 1.165) is 32.5 Å². The van der Waals surface area contributed by atoms with Crippen molar-refractivity contribution in [1.82, 2.24) is 15.1 Å². The number of carbonyl (C=O) groups excluding carboxylic acids is 1. The van der Waals surface area contributed by atoms with Gasteiger partial charge in [0.25, 0.3) is 0 Å². The number of carbonyl (C=O) groups is 1. The molecule has 2 aliphatic heterocycles. The second kappa shape index (κ2) is 6.90. The van der Waals surface area contributed by atoms with E-state index in [1.165, 1.54) is 12.8 Å². The van der Waals surface area contributed by atoms with Crippen molar-refractivity contribution in [2.45, 2.75) is 77.5 Å². The lowest BCUT2D eigenvalue weighted by Gasteiger charge is -2.39. The van der Waals surface area contributed by atoms with Crippen molar-refractivity contribution in [2.75, 3.05) is 19.6 Å². The van der Waals surface area contributed by atoms with Crippen LogP contribution < -0.4 is 5.32 Å². The molecule has 2 fully saturated rings. The van der Waals surface area contributed by atoms with Gasteiger partial charge in [-0.1, -0.05) is 0 Å². The molecule has 116 valence electrons. The van der Waals surface area contributed by atoms with Crippen LogP contribution in [0.3, 0.4) is 0 Å². The highest BCUT2D eigenvalue weighted by Crippen LogP contribution is 2.27. The molecule has 0 aromatic rings. The number of amides is 1. The minimum atomic E-state index is 0.0253. The van der Waals surface area contributed by atoms with Gasteiger partial charge in [0.1, 0.15) is 0 Å². The van der Waals surface area contributed by atoms with Crippen LogP contribution in [0.15, 0.2) is 0 Å². The van der Waals surface area contributed by atoms with E-state index >= 15 is 0 Å². The molecule has 0 bridgehead atoms. The Morgan fingerprint density at radius 2 is 1.75 bits per heavy atom. The van der Waals surface area contributed by atoms with Crippen LogP contribution in [0.2, 0.25) is 0 Å². The summed E-state index contributed by atoms with van der Waals surface area (Å²) >= 11 is 0. The zero-order chi connectivity index (χ0) is 14.7. The predicted molar refractivity (Wildman–Crippen MR) is 82.7 cm³/mol. The monoisotopic (exact) mass is 281 g/mol. The molecule has 4 heteroatoms. The molecular weight excluding hydrogens is 250 g/mol. The molecule has 0 radical (unpaired) electrons. The molecule has 0 aromatic carbocycles. The van der Waals surface area contributed by atoms with E-state index in [4.69, 9.17) is 0 Å². The van der Waals surface area contributed by atoms with Crippen molar-refractivity contribution in [3.63, 3.8) is 0 Å². The molecule has 2 aliphatic rings. The molecule has 1 amide bonds. The predicted octanol–water partition coefficient (Wildman–Crippen LogP) is 1.85. The maximum absolute atomic E-state index is 12.9. The molecule has 0 aromatic heterocycles. The molecule has 0 aliphatic carbocycles. The molecule has 2 heterocycles. The van der Waals surface area contributed by atoms with Crippen LogP contribution in [-0.4, -0.2) is 59.5 Å². The quantitative estimate of drug-likeness (QED) is 0.854. The SMILES string of the molecule is CCN(C(=O)C(C)N1C(C)CCC1C)C1CCNCC1. The Hall–Kier alpha value is -0.610. The van der Waals surface area contributed by atoms with Gasteiger partial charge in [0.15, 0.2) is 0 Å². The molecule has 20 heavy (non-hydrogen) atoms. The van der Waals surface area contributed by atoms with Crippen LogP contribution >= 0.6 is 0 Å². The lowest BCUT2D eigenvalue weighted by atomic mass is 10.0. The fourth-order valence-corrected chi connectivity index (χ4v) is 4.06. The van der Waals surface area contributed by atoms with Gasteiger partial charge < -0.3 is 10.2 Å². The summed E-state index contributed by atoms with van der Waals surface area (Å²) in [5.41, 5.74) is 0. The number of piperidine rings is 1. The van der Waals surface area contributed by atoms with E-state index in [1.807, 2.05) is 0 Å². The molecule has 0 spiro atoms. The molecule has 2 saturated heterocycles. The van der Waals surface area contributed by atoms with E-state index in [2.05, 4.69) is 42.8 Å². The minimum absolute atomic E-state index is 0.0253. The van der Waals surface area contributed by atoms with Gasteiger partial charge in [0.05, 0.1) is 6.04 Å². The average molecular weight is 281 g/mol. The number of nitrogens with zero attached hydrogens (tertiary/aromatic N) is 2. The van der Waals surface area contributed by atoms with Crippen LogP contribution in [0.25, 0.3) is 0 Å². The summed E-state index contributed by atoms with van der Waals surface area (Å²) in [4.78, 5) is 17.5. The highest BCUT2D eigenvalue weighted by Gasteiger charge is 2.37. The summed E-state index contributed by atoms with van der Waals surface area (Å²) in [5, 5.41) is 3.38. The van der Waals surface area contributed by atoms with Crippen molar-refractivity contribution in [3.8, 4) is 0 Å². The Morgan fingerprint density at radius 3 is 2.25 bits per heavy atom. The molecular formula is C16H31N3O. The first-order chi connectivity index (χ1) is 9.56. The molecule has 3 atom stereocenters. The van der Waals surface area contributed by atoms with Gasteiger partial charge in [0, 0.05) is 24.7 Å². The Kier molecular flexibility index (Phi) is 5.44. The fraction of sp³-hybridized carbons (Fsp3) is 0.938. The summed E-state index contributed by atoms with van der Waals surface area (Å²) in [6.07, 6.45) is 4.63. The highest BCUT2D eigenvalue weighted by atomic mass is 16.2. The smallest absolute Gasteiger partial charge is 0.239 e. The second-order valence-corrected chi connectivity index (χ2v) is 6.50. The summed E-state index contributed by atoms with van der Waals surface area (Å²) in [6, 6.07) is 1.54. The van der Waals surface area contributed by atoms with Crippen molar-refractivity contribution < 1.29 is 4.79 Å². The topological polar surface area (TPSA) is 35.6 Å². The first-order valence-electron chi connectivity index (χ1n) is 8.34. The Balaban J connectivity index is 2.03. The number of likely N-dealkylation sites (N-methyl/N-ethyl adjacent to an activating group) is 1. The lowest BCUT2D eigenvalue weighted by molar-refractivity contribution is -0.140. The Labute approximate surface area is 123 Å². The fourth-order valence-electron chi connectivity index (χ4n) is 4.06. The summed E-state index contributed by atoms with van der Waals surface area (Å²) < 4.78 is 0. The van der Waals surface area contributed by atoms with Gasteiger partial charge in [-0.05, 0) is 66.5 Å². The molecule has 3 unspecified atom stereocenters. The summed E-state index contributed by atoms with van der Waals surface area (Å²) in [5.74, 6) is 0.333. The van der Waals surface area contributed by atoms with E-state index in [0.29, 0.717) is 24.0 Å². The van der Waals surface area contributed by atoms with Crippen LogP contribution in [0.4, 0.5) is 0 Å². The van der Waals surface area contributed by atoms with E-state index in [-0.39, 0.29) is 6.04 Å². The molecule has 4 nitrogen and oxygen atoms in total. The van der Waals surface area contributed by atoms with Gasteiger partial charge in [-0.2, -0.15) is 0 Å². The van der Waals surface area contributed by atoms with Crippen molar-refractivity contribution in [1.29, 1.82) is 0 Å². The standard InChI is InChI=1S/C16H31N3O/c1-5-18(15-8-10-17-11-9-15)16(20)14(4)19-12(2)6-7-13(19)3/h12-15,17H,5-11H2,1-4H3. The second-order valence-electron chi connectivity index (χ2n) is 6.50. The summed E-state index contributed by atoms with van der Waals surface area (Å²) in [7, 11) is 0. The van der Waals surface area contributed by atoms with Crippen molar-refractivity contribution in [3.05, 3.63) is 0 Å². The zero-order valence-electron chi connectivity index (χ0n) is 13.6. The van der Waals surface area contributed by atoms with Crippen molar-refractivity contribution >= 4 is 5.91 Å². The Bertz CT molecular complexity index is 318. The maximum Gasteiger partial charge on any atom is 0.239 e. The minimum Gasteiger partial charge on any atom is -0.339 e. The average Bonchev–Trinajstić information content (AvgIpc) is 2.79. The highest BCUT2D eigenvalue weighted by molar-refractivity contribution is 5.82. The van der Waals surface area contributed by atoms with Crippen LogP contribution in [0.1, 0.15) is 53.4 Å². The van der Waals surface area contributed by atoms with E-state index in [1.54, 1.807) is 0 Å².